The average molecular weight is 431 g/mol. The molecular formula is C20H16F3N5O3. The van der Waals surface area contributed by atoms with E-state index in [1.807, 2.05) is 0 Å². The summed E-state index contributed by atoms with van der Waals surface area (Å²) in [6, 6.07) is 5.44. The van der Waals surface area contributed by atoms with Crippen LogP contribution in [0.25, 0.3) is 17.5 Å². The summed E-state index contributed by atoms with van der Waals surface area (Å²) in [7, 11) is 0. The number of aromatic nitrogens is 5. The van der Waals surface area contributed by atoms with Crippen LogP contribution in [0.3, 0.4) is 0 Å². The normalized spacial score (nSPS) is 18.0. The van der Waals surface area contributed by atoms with Crippen LogP contribution in [-0.4, -0.2) is 42.9 Å². The maximum Gasteiger partial charge on any atom is 0.330 e. The smallest absolute Gasteiger partial charge is 0.330 e. The van der Waals surface area contributed by atoms with Crippen molar-refractivity contribution in [3.63, 3.8) is 0 Å². The second-order valence-corrected chi connectivity index (χ2v) is 6.85. The van der Waals surface area contributed by atoms with Crippen LogP contribution >= 0.6 is 0 Å². The lowest BCUT2D eigenvalue weighted by molar-refractivity contribution is -0.207. The Balaban J connectivity index is 1.71. The van der Waals surface area contributed by atoms with E-state index in [9.17, 15) is 14.3 Å². The molecule has 31 heavy (non-hydrogen) atoms. The topological polar surface area (TPSA) is 103 Å². The van der Waals surface area contributed by atoms with Gasteiger partial charge < -0.3 is 9.84 Å². The summed E-state index contributed by atoms with van der Waals surface area (Å²) in [5.74, 6) is -5.07. The Morgan fingerprint density at radius 1 is 1.35 bits per heavy atom. The third-order valence-electron chi connectivity index (χ3n) is 4.90. The molecule has 1 unspecified atom stereocenters. The van der Waals surface area contributed by atoms with Gasteiger partial charge in [-0.25, -0.2) is 13.9 Å². The van der Waals surface area contributed by atoms with E-state index in [4.69, 9.17) is 4.74 Å². The van der Waals surface area contributed by atoms with E-state index in [2.05, 4.69) is 20.5 Å². The van der Waals surface area contributed by atoms with Gasteiger partial charge in [0.15, 0.2) is 11.4 Å². The predicted molar refractivity (Wildman–Crippen MR) is 101 cm³/mol. The molecule has 1 atom stereocenters. The number of carbonyl (C=O) groups is 1. The Labute approximate surface area is 174 Å². The summed E-state index contributed by atoms with van der Waals surface area (Å²) in [6.07, 6.45) is 3.66. The number of rotatable bonds is 5. The number of aliphatic hydroxyl groups is 1. The Hall–Kier alpha value is -3.60. The molecule has 8 nitrogen and oxygen atoms in total. The van der Waals surface area contributed by atoms with E-state index in [0.717, 1.165) is 41.2 Å². The number of tetrazole rings is 1. The molecule has 3 heterocycles. The van der Waals surface area contributed by atoms with E-state index in [1.165, 1.54) is 12.1 Å². The quantitative estimate of drug-likeness (QED) is 0.489. The molecule has 0 radical (unpaired) electrons. The summed E-state index contributed by atoms with van der Waals surface area (Å²) < 4.78 is 50.7. The molecule has 1 N–H and O–H groups in total. The number of fused-ring (bicyclic) bond motifs is 3. The van der Waals surface area contributed by atoms with Crippen molar-refractivity contribution in [2.24, 2.45) is 0 Å². The number of esters is 1. The van der Waals surface area contributed by atoms with Gasteiger partial charge in [-0.15, -0.1) is 5.10 Å². The Morgan fingerprint density at radius 2 is 2.16 bits per heavy atom. The van der Waals surface area contributed by atoms with Gasteiger partial charge in [-0.1, -0.05) is 12.1 Å². The Bertz CT molecular complexity index is 1160. The summed E-state index contributed by atoms with van der Waals surface area (Å²) >= 11 is 0. The molecule has 1 aliphatic rings. The first-order valence-corrected chi connectivity index (χ1v) is 9.24. The van der Waals surface area contributed by atoms with Crippen molar-refractivity contribution in [1.82, 2.24) is 25.2 Å². The lowest BCUT2D eigenvalue weighted by Crippen LogP contribution is -2.49. The van der Waals surface area contributed by atoms with E-state index in [1.54, 1.807) is 6.92 Å². The Kier molecular flexibility index (Phi) is 5.05. The molecule has 11 heteroatoms. The monoisotopic (exact) mass is 431 g/mol. The van der Waals surface area contributed by atoms with Gasteiger partial charge in [0.1, 0.15) is 11.5 Å². The molecule has 1 aliphatic heterocycles. The van der Waals surface area contributed by atoms with E-state index >= 15 is 8.78 Å². The van der Waals surface area contributed by atoms with Gasteiger partial charge in [0, 0.05) is 23.4 Å². The number of carbonyl (C=O) groups excluding carboxylic acids is 1. The third kappa shape index (κ3) is 3.46. The molecule has 1 aromatic carbocycles. The van der Waals surface area contributed by atoms with Crippen molar-refractivity contribution in [3.05, 3.63) is 65.2 Å². The molecule has 160 valence electrons. The van der Waals surface area contributed by atoms with Crippen molar-refractivity contribution in [1.29, 1.82) is 0 Å². The van der Waals surface area contributed by atoms with Crippen LogP contribution in [0.1, 0.15) is 23.7 Å². The third-order valence-corrected chi connectivity index (χ3v) is 4.90. The fourth-order valence-corrected chi connectivity index (χ4v) is 3.39. The molecule has 0 amide bonds. The molecule has 0 saturated heterocycles. The number of nitrogens with zero attached hydrogens (tertiary/aromatic N) is 5. The number of alkyl halides is 2. The van der Waals surface area contributed by atoms with Crippen LogP contribution in [-0.2, 0) is 27.6 Å². The van der Waals surface area contributed by atoms with Crippen LogP contribution in [0.2, 0.25) is 0 Å². The van der Waals surface area contributed by atoms with Crippen LogP contribution < -0.4 is 0 Å². The van der Waals surface area contributed by atoms with Gasteiger partial charge in [0.05, 0.1) is 13.2 Å². The Morgan fingerprint density at radius 3 is 2.87 bits per heavy atom. The first-order chi connectivity index (χ1) is 14.8. The molecule has 0 spiro atoms. The van der Waals surface area contributed by atoms with Crippen molar-refractivity contribution in [2.75, 3.05) is 6.61 Å². The number of pyridine rings is 1. The second-order valence-electron chi connectivity index (χ2n) is 6.85. The maximum atomic E-state index is 15.6. The van der Waals surface area contributed by atoms with Crippen molar-refractivity contribution in [3.8, 4) is 11.4 Å². The van der Waals surface area contributed by atoms with Gasteiger partial charge in [-0.3, -0.25) is 4.98 Å². The standard InChI is InChI=1S/C20H16F3N5O3/c1-2-31-17(29)8-4-12-3-7-16(24-10-12)20(22,23)19(30)11-28-18(25-26-27-28)14-9-13(21)5-6-15(14)19/h3-10,30H,2,11H2,1H3/b8-4+. The summed E-state index contributed by atoms with van der Waals surface area (Å²) in [5.41, 5.74) is -3.36. The SMILES string of the molecule is CCOC(=O)/C=C/c1ccc(C(F)(F)C2(O)Cn3nnnc3-c3cc(F)ccc32)nc1. The zero-order valence-electron chi connectivity index (χ0n) is 16.2. The molecule has 0 aliphatic carbocycles. The van der Waals surface area contributed by atoms with Gasteiger partial charge in [-0.05, 0) is 47.2 Å². The zero-order valence-corrected chi connectivity index (χ0v) is 16.2. The number of hydrogen-bond acceptors (Lipinski definition) is 7. The summed E-state index contributed by atoms with van der Waals surface area (Å²) in [4.78, 5) is 15.2. The maximum absolute atomic E-state index is 15.6. The summed E-state index contributed by atoms with van der Waals surface area (Å²) in [5, 5.41) is 22.0. The van der Waals surface area contributed by atoms with Gasteiger partial charge >= 0.3 is 11.9 Å². The number of ether oxygens (including phenoxy) is 1. The molecule has 0 bridgehead atoms. The molecule has 2 aromatic heterocycles. The van der Waals surface area contributed by atoms with E-state index in [0.29, 0.717) is 5.56 Å². The van der Waals surface area contributed by atoms with Crippen LogP contribution in [0.5, 0.6) is 0 Å². The van der Waals surface area contributed by atoms with E-state index < -0.39 is 35.5 Å². The lowest BCUT2D eigenvalue weighted by Gasteiger charge is -2.39. The highest BCUT2D eigenvalue weighted by Gasteiger charge is 2.59. The van der Waals surface area contributed by atoms with Crippen LogP contribution in [0.15, 0.2) is 42.6 Å². The van der Waals surface area contributed by atoms with Crippen molar-refractivity contribution in [2.45, 2.75) is 25.0 Å². The van der Waals surface area contributed by atoms with E-state index in [-0.39, 0.29) is 23.6 Å². The fraction of sp³-hybridized carbons (Fsp3) is 0.250. The average Bonchev–Trinajstić information content (AvgIpc) is 3.21. The number of halogens is 3. The molecule has 3 aromatic rings. The van der Waals surface area contributed by atoms with Crippen LogP contribution in [0, 0.1) is 5.82 Å². The minimum Gasteiger partial charge on any atom is -0.463 e. The highest BCUT2D eigenvalue weighted by atomic mass is 19.3. The highest BCUT2D eigenvalue weighted by molar-refractivity contribution is 5.86. The van der Waals surface area contributed by atoms with Gasteiger partial charge in [0.25, 0.3) is 0 Å². The molecule has 0 saturated carbocycles. The minimum absolute atomic E-state index is 0.0348. The van der Waals surface area contributed by atoms with Gasteiger partial charge in [0.2, 0.25) is 0 Å². The first kappa shape index (κ1) is 20.7. The number of hydrogen-bond donors (Lipinski definition) is 1. The van der Waals surface area contributed by atoms with Crippen molar-refractivity contribution >= 4 is 12.0 Å². The molecule has 0 fully saturated rings. The number of benzene rings is 1. The predicted octanol–water partition coefficient (Wildman–Crippen LogP) is 2.44. The highest BCUT2D eigenvalue weighted by Crippen LogP contribution is 2.50. The largest absolute Gasteiger partial charge is 0.463 e. The summed E-state index contributed by atoms with van der Waals surface area (Å²) in [6.45, 7) is 1.21. The van der Waals surface area contributed by atoms with Gasteiger partial charge in [-0.2, -0.15) is 8.78 Å². The van der Waals surface area contributed by atoms with Crippen LogP contribution in [0.4, 0.5) is 13.2 Å². The molecule has 4 rings (SSSR count). The second kappa shape index (κ2) is 7.58. The first-order valence-electron chi connectivity index (χ1n) is 9.24. The lowest BCUT2D eigenvalue weighted by atomic mass is 9.80. The molecular weight excluding hydrogens is 415 g/mol. The zero-order chi connectivity index (χ0) is 22.2. The minimum atomic E-state index is -3.88. The van der Waals surface area contributed by atoms with Crippen molar-refractivity contribution < 1.29 is 27.8 Å². The fourth-order valence-electron chi connectivity index (χ4n) is 3.39.